The van der Waals surface area contributed by atoms with Crippen molar-refractivity contribution in [1.82, 2.24) is 29.9 Å². The molecule has 0 bridgehead atoms. The maximum absolute atomic E-state index is 13.6. The number of hydrogen-bond acceptors (Lipinski definition) is 5. The number of carbonyl (C=O) groups excluding carboxylic acids is 2. The van der Waals surface area contributed by atoms with Crippen molar-refractivity contribution in [3.8, 4) is 0 Å². The molecule has 5 rings (SSSR count). The second-order valence-corrected chi connectivity index (χ2v) is 9.39. The van der Waals surface area contributed by atoms with Crippen LogP contribution in [-0.4, -0.2) is 73.0 Å². The number of pyridine rings is 1. The Morgan fingerprint density at radius 1 is 1.28 bits per heavy atom. The number of halogens is 1. The summed E-state index contributed by atoms with van der Waals surface area (Å²) in [5, 5.41) is 9.95. The predicted molar refractivity (Wildman–Crippen MR) is 115 cm³/mol. The highest BCUT2D eigenvalue weighted by Gasteiger charge is 2.47. The minimum absolute atomic E-state index is 0.0138. The molecule has 0 saturated carbocycles. The highest BCUT2D eigenvalue weighted by Crippen LogP contribution is 2.39. The Balaban J connectivity index is 1.32. The maximum atomic E-state index is 13.6. The second-order valence-electron chi connectivity index (χ2n) is 9.39. The Hall–Kier alpha value is -3.01. The van der Waals surface area contributed by atoms with Crippen LogP contribution in [0.1, 0.15) is 61.4 Å². The zero-order valence-electron chi connectivity index (χ0n) is 18.6. The van der Waals surface area contributed by atoms with Crippen LogP contribution in [0.5, 0.6) is 0 Å². The van der Waals surface area contributed by atoms with Crippen molar-refractivity contribution >= 4 is 17.8 Å². The van der Waals surface area contributed by atoms with Gasteiger partial charge in [-0.15, -0.1) is 0 Å². The maximum Gasteiger partial charge on any atom is 0.321 e. The summed E-state index contributed by atoms with van der Waals surface area (Å²) in [6.07, 6.45) is 3.28. The summed E-state index contributed by atoms with van der Waals surface area (Å²) in [6, 6.07) is 2.48. The number of nitrogens with zero attached hydrogens (tertiary/aromatic N) is 5. The van der Waals surface area contributed by atoms with Gasteiger partial charge in [0.05, 0.1) is 24.5 Å². The van der Waals surface area contributed by atoms with E-state index in [0.29, 0.717) is 12.4 Å². The van der Waals surface area contributed by atoms with Crippen LogP contribution >= 0.6 is 0 Å². The summed E-state index contributed by atoms with van der Waals surface area (Å²) in [4.78, 5) is 36.2. The first-order valence-electron chi connectivity index (χ1n) is 11.1. The van der Waals surface area contributed by atoms with E-state index in [-0.39, 0.29) is 29.3 Å². The number of aromatic amines is 1. The molecule has 9 nitrogen and oxygen atoms in total. The number of piperazine rings is 1. The van der Waals surface area contributed by atoms with Gasteiger partial charge in [0.25, 0.3) is 5.91 Å². The molecule has 170 valence electrons. The smallest absolute Gasteiger partial charge is 0.319 e. The number of fused-ring (bicyclic) bond motifs is 2. The van der Waals surface area contributed by atoms with E-state index in [9.17, 15) is 14.0 Å². The number of amides is 3. The van der Waals surface area contributed by atoms with Crippen LogP contribution in [-0.2, 0) is 6.54 Å². The first-order chi connectivity index (χ1) is 15.3. The Labute approximate surface area is 186 Å². The Morgan fingerprint density at radius 3 is 2.84 bits per heavy atom. The SMILES string of the molecule is CC1c2[nH]nc(NC(=O)c3ccc(F)cn3)c2CN1C(=O)N1CC2(C)CCCN2C[C@@H]1C. The number of aromatic nitrogens is 3. The lowest BCUT2D eigenvalue weighted by molar-refractivity contribution is 0.0134. The summed E-state index contributed by atoms with van der Waals surface area (Å²) >= 11 is 0. The first-order valence-corrected chi connectivity index (χ1v) is 11.1. The molecule has 0 radical (unpaired) electrons. The minimum Gasteiger partial charge on any atom is -0.319 e. The molecule has 2 fully saturated rings. The summed E-state index contributed by atoms with van der Waals surface area (Å²) in [6.45, 7) is 9.41. The number of carbonyl (C=O) groups is 2. The molecule has 2 aromatic rings. The van der Waals surface area contributed by atoms with Gasteiger partial charge in [-0.25, -0.2) is 14.2 Å². The lowest BCUT2D eigenvalue weighted by atomic mass is 9.94. The molecule has 5 heterocycles. The minimum atomic E-state index is -0.508. The Bertz CT molecular complexity index is 1060. The highest BCUT2D eigenvalue weighted by molar-refractivity contribution is 6.02. The van der Waals surface area contributed by atoms with E-state index < -0.39 is 11.7 Å². The molecule has 3 amide bonds. The van der Waals surface area contributed by atoms with Crippen molar-refractivity contribution in [2.45, 2.75) is 57.8 Å². The average molecular weight is 442 g/mol. The van der Waals surface area contributed by atoms with E-state index in [4.69, 9.17) is 0 Å². The fraction of sp³-hybridized carbons (Fsp3) is 0.545. The molecule has 3 aliphatic heterocycles. The van der Waals surface area contributed by atoms with E-state index >= 15 is 0 Å². The highest BCUT2D eigenvalue weighted by atomic mass is 19.1. The molecule has 10 heteroatoms. The molecule has 2 saturated heterocycles. The van der Waals surface area contributed by atoms with Crippen LogP contribution in [0.4, 0.5) is 15.0 Å². The fourth-order valence-corrected chi connectivity index (χ4v) is 5.30. The van der Waals surface area contributed by atoms with Gasteiger partial charge in [-0.1, -0.05) is 0 Å². The third-order valence-electron chi connectivity index (χ3n) is 7.23. The van der Waals surface area contributed by atoms with E-state index in [1.807, 2.05) is 16.7 Å². The van der Waals surface area contributed by atoms with Crippen LogP contribution in [0.25, 0.3) is 0 Å². The van der Waals surface area contributed by atoms with E-state index in [1.165, 1.54) is 18.6 Å². The van der Waals surface area contributed by atoms with Gasteiger partial charge >= 0.3 is 6.03 Å². The molecule has 3 atom stereocenters. The van der Waals surface area contributed by atoms with Crippen LogP contribution in [0.2, 0.25) is 0 Å². The average Bonchev–Trinajstić information content (AvgIpc) is 3.43. The number of H-pyrrole nitrogens is 1. The monoisotopic (exact) mass is 441 g/mol. The van der Waals surface area contributed by atoms with Crippen molar-refractivity contribution in [3.05, 3.63) is 41.1 Å². The lowest BCUT2D eigenvalue weighted by Crippen LogP contribution is -2.64. The van der Waals surface area contributed by atoms with Crippen LogP contribution in [0, 0.1) is 5.82 Å². The number of nitrogens with one attached hydrogen (secondary N) is 2. The molecule has 0 aliphatic carbocycles. The lowest BCUT2D eigenvalue weighted by Gasteiger charge is -2.49. The zero-order valence-corrected chi connectivity index (χ0v) is 18.6. The molecule has 2 N–H and O–H groups in total. The van der Waals surface area contributed by atoms with Gasteiger partial charge in [0.2, 0.25) is 0 Å². The molecule has 2 unspecified atom stereocenters. The summed E-state index contributed by atoms with van der Waals surface area (Å²) < 4.78 is 13.1. The molecule has 0 spiro atoms. The topological polar surface area (TPSA) is 97.5 Å². The number of anilines is 1. The van der Waals surface area contributed by atoms with Crippen LogP contribution < -0.4 is 5.32 Å². The standard InChI is InChI=1S/C22H28FN7O2/c1-13-10-28-8-4-7-22(28,3)12-30(13)21(32)29-11-16-18(14(29)2)26-27-19(16)25-20(31)17-6-5-15(23)9-24-17/h5-6,9,13-14H,4,7-8,10-12H2,1-3H3,(H2,25,26,27,31)/t13-,14?,22?/m0/s1. The normalized spacial score (nSPS) is 27.4. The number of hydrogen-bond donors (Lipinski definition) is 2. The Morgan fingerprint density at radius 2 is 2.09 bits per heavy atom. The fourth-order valence-electron chi connectivity index (χ4n) is 5.30. The van der Waals surface area contributed by atoms with E-state index in [2.05, 4.69) is 39.2 Å². The van der Waals surface area contributed by atoms with Gasteiger partial charge in [-0.3, -0.25) is 14.8 Å². The van der Waals surface area contributed by atoms with Crippen molar-refractivity contribution in [3.63, 3.8) is 0 Å². The van der Waals surface area contributed by atoms with Gasteiger partial charge in [0.15, 0.2) is 5.82 Å². The quantitative estimate of drug-likeness (QED) is 0.747. The van der Waals surface area contributed by atoms with Gasteiger partial charge in [0.1, 0.15) is 11.5 Å². The third kappa shape index (κ3) is 3.33. The molecular formula is C22H28FN7O2. The molecule has 2 aromatic heterocycles. The second kappa shape index (κ2) is 7.54. The first kappa shape index (κ1) is 20.9. The van der Waals surface area contributed by atoms with Crippen LogP contribution in [0.15, 0.2) is 18.3 Å². The van der Waals surface area contributed by atoms with Crippen LogP contribution in [0.3, 0.4) is 0 Å². The third-order valence-corrected chi connectivity index (χ3v) is 7.23. The van der Waals surface area contributed by atoms with Crippen molar-refractivity contribution in [2.24, 2.45) is 0 Å². The van der Waals surface area contributed by atoms with Crippen molar-refractivity contribution in [1.29, 1.82) is 0 Å². The van der Waals surface area contributed by atoms with E-state index in [1.54, 1.807) is 0 Å². The number of rotatable bonds is 2. The molecule has 0 aromatic carbocycles. The molecule has 3 aliphatic rings. The summed E-state index contributed by atoms with van der Waals surface area (Å²) in [7, 11) is 0. The van der Waals surface area contributed by atoms with Gasteiger partial charge < -0.3 is 15.1 Å². The molecular weight excluding hydrogens is 413 g/mol. The van der Waals surface area contributed by atoms with Gasteiger partial charge in [-0.2, -0.15) is 5.10 Å². The van der Waals surface area contributed by atoms with Gasteiger partial charge in [0, 0.05) is 30.2 Å². The molecule has 32 heavy (non-hydrogen) atoms. The largest absolute Gasteiger partial charge is 0.321 e. The van der Waals surface area contributed by atoms with Crippen molar-refractivity contribution in [2.75, 3.05) is 25.0 Å². The van der Waals surface area contributed by atoms with E-state index in [0.717, 1.165) is 43.5 Å². The van der Waals surface area contributed by atoms with Gasteiger partial charge in [-0.05, 0) is 52.3 Å². The van der Waals surface area contributed by atoms with Crippen molar-refractivity contribution < 1.29 is 14.0 Å². The summed E-state index contributed by atoms with van der Waals surface area (Å²) in [5.41, 5.74) is 1.75. The number of urea groups is 1. The zero-order chi connectivity index (χ0) is 22.6. The predicted octanol–water partition coefficient (Wildman–Crippen LogP) is 2.75. The summed E-state index contributed by atoms with van der Waals surface area (Å²) in [5.74, 6) is -0.610. The Kier molecular flexibility index (Phi) is 4.92.